The van der Waals surface area contributed by atoms with Gasteiger partial charge in [0.15, 0.2) is 0 Å². The molecule has 0 radical (unpaired) electrons. The Balaban J connectivity index is 2.47. The highest BCUT2D eigenvalue weighted by atomic mass is 28.3. The molecule has 1 aromatic rings. The highest BCUT2D eigenvalue weighted by Crippen LogP contribution is 2.18. The molecule has 0 spiro atoms. The average molecular weight is 279 g/mol. The lowest BCUT2D eigenvalue weighted by Gasteiger charge is -2.24. The first-order chi connectivity index (χ1) is 8.74. The van der Waals surface area contributed by atoms with Crippen molar-refractivity contribution in [2.75, 3.05) is 13.2 Å². The van der Waals surface area contributed by atoms with Gasteiger partial charge in [0.1, 0.15) is 0 Å². The molecule has 0 aromatic heterocycles. The minimum Gasteiger partial charge on any atom is -0.396 e. The van der Waals surface area contributed by atoms with Gasteiger partial charge in [-0.25, -0.2) is 0 Å². The van der Waals surface area contributed by atoms with E-state index < -0.39 is 8.07 Å². The Labute approximate surface area is 119 Å². The van der Waals surface area contributed by atoms with Gasteiger partial charge in [-0.15, -0.1) is 0 Å². The fourth-order valence-corrected chi connectivity index (χ4v) is 3.23. The molecule has 0 aliphatic carbocycles. The quantitative estimate of drug-likeness (QED) is 0.752. The van der Waals surface area contributed by atoms with E-state index in [4.69, 9.17) is 5.11 Å². The minimum absolute atomic E-state index is 0.160. The van der Waals surface area contributed by atoms with Gasteiger partial charge in [-0.05, 0) is 17.4 Å². The maximum absolute atomic E-state index is 9.00. The van der Waals surface area contributed by atoms with E-state index >= 15 is 0 Å². The molecule has 0 atom stereocenters. The summed E-state index contributed by atoms with van der Waals surface area (Å²) >= 11 is 0. The maximum Gasteiger partial charge on any atom is 0.0775 e. The first kappa shape index (κ1) is 16.4. The molecule has 0 fully saturated rings. The predicted molar refractivity (Wildman–Crippen MR) is 86.6 cm³/mol. The molecule has 19 heavy (non-hydrogen) atoms. The van der Waals surface area contributed by atoms with Crippen LogP contribution in [0.4, 0.5) is 0 Å². The van der Waals surface area contributed by atoms with Crippen LogP contribution < -0.4 is 10.5 Å². The van der Waals surface area contributed by atoms with E-state index in [1.165, 1.54) is 10.8 Å². The Morgan fingerprint density at radius 2 is 1.68 bits per heavy atom. The maximum atomic E-state index is 9.00. The third kappa shape index (κ3) is 5.89. The standard InChI is InChI=1S/C16H29NOSi/c1-16(2,10-11-18)13-17-12-14-6-8-15(9-7-14)19(3,4)5/h6-9,17-18H,10-13H2,1-5H3. The Morgan fingerprint density at radius 1 is 1.11 bits per heavy atom. The van der Waals surface area contributed by atoms with Crippen molar-refractivity contribution in [2.45, 2.75) is 46.5 Å². The van der Waals surface area contributed by atoms with Crippen molar-refractivity contribution in [3.63, 3.8) is 0 Å². The van der Waals surface area contributed by atoms with E-state index in [0.717, 1.165) is 19.5 Å². The molecule has 108 valence electrons. The second-order valence-corrected chi connectivity index (χ2v) is 12.3. The zero-order chi connectivity index (χ0) is 14.5. The molecule has 0 saturated heterocycles. The van der Waals surface area contributed by atoms with E-state index in [9.17, 15) is 0 Å². The van der Waals surface area contributed by atoms with Crippen LogP contribution in [0.15, 0.2) is 24.3 Å². The molecular weight excluding hydrogens is 250 g/mol. The summed E-state index contributed by atoms with van der Waals surface area (Å²) in [7, 11) is -1.18. The third-order valence-electron chi connectivity index (χ3n) is 3.54. The highest BCUT2D eigenvalue weighted by molar-refractivity contribution is 6.88. The summed E-state index contributed by atoms with van der Waals surface area (Å²) < 4.78 is 0. The minimum atomic E-state index is -1.18. The van der Waals surface area contributed by atoms with E-state index in [1.54, 1.807) is 0 Å². The van der Waals surface area contributed by atoms with Crippen LogP contribution in [0.1, 0.15) is 25.8 Å². The van der Waals surface area contributed by atoms with Gasteiger partial charge in [-0.2, -0.15) is 0 Å². The van der Waals surface area contributed by atoms with Gasteiger partial charge in [0.2, 0.25) is 0 Å². The van der Waals surface area contributed by atoms with Crippen molar-refractivity contribution in [3.05, 3.63) is 29.8 Å². The third-order valence-corrected chi connectivity index (χ3v) is 5.61. The normalized spacial score (nSPS) is 12.7. The first-order valence-corrected chi connectivity index (χ1v) is 10.7. The summed E-state index contributed by atoms with van der Waals surface area (Å²) in [6, 6.07) is 9.03. The molecule has 3 heteroatoms. The van der Waals surface area contributed by atoms with Crippen molar-refractivity contribution in [1.82, 2.24) is 5.32 Å². The molecule has 2 nitrogen and oxygen atoms in total. The summed E-state index contributed by atoms with van der Waals surface area (Å²) in [4.78, 5) is 0. The largest absolute Gasteiger partial charge is 0.396 e. The lowest BCUT2D eigenvalue weighted by molar-refractivity contribution is 0.207. The number of hydrogen-bond donors (Lipinski definition) is 2. The Morgan fingerprint density at radius 3 is 2.16 bits per heavy atom. The Kier molecular flexibility index (Phi) is 5.77. The van der Waals surface area contributed by atoms with Crippen LogP contribution in [-0.2, 0) is 6.54 Å². The lowest BCUT2D eigenvalue weighted by atomic mass is 9.90. The molecule has 2 N–H and O–H groups in total. The van der Waals surface area contributed by atoms with Crippen molar-refractivity contribution >= 4 is 13.3 Å². The second kappa shape index (κ2) is 6.68. The van der Waals surface area contributed by atoms with Crippen molar-refractivity contribution in [1.29, 1.82) is 0 Å². The predicted octanol–water partition coefficient (Wildman–Crippen LogP) is 2.73. The molecular formula is C16H29NOSi. The van der Waals surface area contributed by atoms with E-state index in [0.29, 0.717) is 0 Å². The van der Waals surface area contributed by atoms with Gasteiger partial charge in [-0.1, -0.05) is 62.9 Å². The van der Waals surface area contributed by atoms with Crippen LogP contribution in [0.3, 0.4) is 0 Å². The number of aliphatic hydroxyl groups is 1. The number of benzene rings is 1. The summed E-state index contributed by atoms with van der Waals surface area (Å²) in [6.07, 6.45) is 0.842. The number of rotatable bonds is 7. The van der Waals surface area contributed by atoms with Crippen LogP contribution in [-0.4, -0.2) is 26.3 Å². The molecule has 0 saturated carbocycles. The van der Waals surface area contributed by atoms with Gasteiger partial charge in [0.25, 0.3) is 0 Å². The van der Waals surface area contributed by atoms with E-state index in [2.05, 4.69) is 63.1 Å². The topological polar surface area (TPSA) is 32.3 Å². The fraction of sp³-hybridized carbons (Fsp3) is 0.625. The highest BCUT2D eigenvalue weighted by Gasteiger charge is 2.17. The van der Waals surface area contributed by atoms with Crippen LogP contribution in [0.25, 0.3) is 0 Å². The zero-order valence-corrected chi connectivity index (χ0v) is 14.1. The molecule has 0 aliphatic heterocycles. The number of hydrogen-bond acceptors (Lipinski definition) is 2. The van der Waals surface area contributed by atoms with Crippen LogP contribution in [0, 0.1) is 5.41 Å². The molecule has 0 bridgehead atoms. The lowest BCUT2D eigenvalue weighted by Crippen LogP contribution is -2.37. The summed E-state index contributed by atoms with van der Waals surface area (Å²) in [5.74, 6) is 0. The smallest absolute Gasteiger partial charge is 0.0775 e. The first-order valence-electron chi connectivity index (χ1n) is 7.16. The van der Waals surface area contributed by atoms with Gasteiger partial charge in [-0.3, -0.25) is 0 Å². The average Bonchev–Trinajstić information content (AvgIpc) is 2.28. The molecule has 0 unspecified atom stereocenters. The van der Waals surface area contributed by atoms with E-state index in [-0.39, 0.29) is 12.0 Å². The van der Waals surface area contributed by atoms with Crippen LogP contribution in [0.5, 0.6) is 0 Å². The van der Waals surface area contributed by atoms with Crippen molar-refractivity contribution in [2.24, 2.45) is 5.41 Å². The molecule has 0 aliphatic rings. The zero-order valence-electron chi connectivity index (χ0n) is 13.1. The van der Waals surface area contributed by atoms with Gasteiger partial charge < -0.3 is 10.4 Å². The summed E-state index contributed by atoms with van der Waals surface area (Å²) in [5.41, 5.74) is 1.49. The van der Waals surface area contributed by atoms with Gasteiger partial charge >= 0.3 is 0 Å². The fourth-order valence-electron chi connectivity index (χ4n) is 2.06. The summed E-state index contributed by atoms with van der Waals surface area (Å²) in [5, 5.41) is 14.0. The number of nitrogens with one attached hydrogen (secondary N) is 1. The molecule has 1 rings (SSSR count). The monoisotopic (exact) mass is 279 g/mol. The molecule has 0 amide bonds. The van der Waals surface area contributed by atoms with Crippen LogP contribution in [0.2, 0.25) is 19.6 Å². The Hall–Kier alpha value is -0.643. The van der Waals surface area contributed by atoms with Gasteiger partial charge in [0, 0.05) is 19.7 Å². The SMILES string of the molecule is CC(C)(CCO)CNCc1ccc([Si](C)(C)C)cc1. The summed E-state index contributed by atoms with van der Waals surface area (Å²) in [6.45, 7) is 13.6. The Bertz CT molecular complexity index is 379. The number of aliphatic hydroxyl groups excluding tert-OH is 1. The van der Waals surface area contributed by atoms with Crippen molar-refractivity contribution < 1.29 is 5.11 Å². The van der Waals surface area contributed by atoms with Gasteiger partial charge in [0.05, 0.1) is 8.07 Å². The van der Waals surface area contributed by atoms with E-state index in [1.807, 2.05) is 0 Å². The second-order valence-electron chi connectivity index (χ2n) is 7.19. The molecule has 0 heterocycles. The molecule has 1 aromatic carbocycles. The van der Waals surface area contributed by atoms with Crippen LogP contribution >= 0.6 is 0 Å². The van der Waals surface area contributed by atoms with Crippen molar-refractivity contribution in [3.8, 4) is 0 Å².